The quantitative estimate of drug-likeness (QED) is 0.276. The molecule has 0 saturated carbocycles. The van der Waals surface area contributed by atoms with Crippen molar-refractivity contribution in [2.45, 2.75) is 12.8 Å². The van der Waals surface area contributed by atoms with Crippen LogP contribution in [0.5, 0.6) is 0 Å². The van der Waals surface area contributed by atoms with Gasteiger partial charge in [-0.1, -0.05) is 0 Å². The zero-order valence-electron chi connectivity index (χ0n) is 21.8. The third-order valence-electron chi connectivity index (χ3n) is 7.17. The molecule has 37 heavy (non-hydrogen) atoms. The molecule has 4 heterocycles. The van der Waals surface area contributed by atoms with Crippen LogP contribution in [-0.2, 0) is 51.2 Å². The Kier molecular flexibility index (Phi) is 24.4. The van der Waals surface area contributed by atoms with Crippen molar-refractivity contribution in [3.63, 3.8) is 0 Å². The zero-order chi connectivity index (χ0) is 24.2. The first-order valence-electron chi connectivity index (χ1n) is 13.0. The van der Waals surface area contributed by atoms with Crippen LogP contribution in [-0.4, -0.2) is 168 Å². The smallest absolute Gasteiger partial charge is 0.301 e. The summed E-state index contributed by atoms with van der Waals surface area (Å²) < 4.78 is 7.70. The van der Waals surface area contributed by atoms with Gasteiger partial charge in [-0.15, -0.1) is 0 Å². The molecule has 15 heteroatoms. The molecular formula is C22H44Cl4Mn3N8+6. The average Bonchev–Trinajstić information content (AvgIpc) is 2.97. The molecule has 4 fully saturated rings. The molecule has 0 aliphatic carbocycles. The summed E-state index contributed by atoms with van der Waals surface area (Å²) in [4.78, 5) is 9.94. The Morgan fingerprint density at radius 3 is 0.703 bits per heavy atom. The van der Waals surface area contributed by atoms with Gasteiger partial charge in [-0.25, -0.2) is 17.7 Å². The molecule has 0 spiro atoms. The van der Waals surface area contributed by atoms with Crippen LogP contribution in [0.25, 0.3) is 0 Å². The molecule has 2 atom stereocenters. The normalized spacial score (nSPS) is 32.1. The third-order valence-corrected chi connectivity index (χ3v) is 8.52. The standard InChI is InChI=1S/C12H24Cl2N4.C10H20Cl2N4.3Mn/c13-17-5-1-3-15-7-8-16(10-11-17)4-2-6-18(14)12-9-15;11-15-7-3-13-1-2-14(5-9-15)6-10-16(12)8-4-13;;;/h1-12H2;1-10H2;;;/q;;3*+2. The maximum absolute atomic E-state index is 6.21. The monoisotopic (exact) mass is 725 g/mol. The van der Waals surface area contributed by atoms with E-state index in [1.165, 1.54) is 0 Å². The van der Waals surface area contributed by atoms with E-state index in [4.69, 9.17) is 47.1 Å². The molecule has 0 amide bonds. The summed E-state index contributed by atoms with van der Waals surface area (Å²) >= 11 is 24.7. The minimum Gasteiger partial charge on any atom is -0.301 e. The number of halogens is 4. The van der Waals surface area contributed by atoms with Gasteiger partial charge in [0.2, 0.25) is 0 Å². The van der Waals surface area contributed by atoms with E-state index in [-0.39, 0.29) is 51.2 Å². The van der Waals surface area contributed by atoms with Crippen molar-refractivity contribution >= 4 is 47.1 Å². The van der Waals surface area contributed by atoms with Gasteiger partial charge in [-0.3, -0.25) is 9.80 Å². The third kappa shape index (κ3) is 17.2. The molecule has 4 aliphatic heterocycles. The summed E-state index contributed by atoms with van der Waals surface area (Å²) in [5, 5.41) is 0. The maximum atomic E-state index is 6.21. The summed E-state index contributed by atoms with van der Waals surface area (Å²) in [6, 6.07) is 0. The van der Waals surface area contributed by atoms with E-state index in [1.807, 2.05) is 17.7 Å². The van der Waals surface area contributed by atoms with Crippen molar-refractivity contribution in [1.82, 2.24) is 37.3 Å². The van der Waals surface area contributed by atoms with Gasteiger partial charge >= 0.3 is 51.2 Å². The molecule has 4 saturated heterocycles. The summed E-state index contributed by atoms with van der Waals surface area (Å²) in [6.07, 6.45) is 2.29. The molecule has 4 bridgehead atoms. The molecule has 0 N–H and O–H groups in total. The number of fused-ring (bicyclic) bond motifs is 6. The second-order valence-corrected chi connectivity index (χ2v) is 11.6. The van der Waals surface area contributed by atoms with Crippen molar-refractivity contribution in [2.24, 2.45) is 0 Å². The van der Waals surface area contributed by atoms with Crippen LogP contribution in [0.15, 0.2) is 0 Å². The molecule has 4 aliphatic rings. The van der Waals surface area contributed by atoms with Gasteiger partial charge in [-0.05, 0) is 73.0 Å². The summed E-state index contributed by atoms with van der Waals surface area (Å²) in [6.45, 7) is 20.8. The van der Waals surface area contributed by atoms with E-state index in [9.17, 15) is 0 Å². The topological polar surface area (TPSA) is 25.9 Å². The van der Waals surface area contributed by atoms with Crippen molar-refractivity contribution in [3.8, 4) is 0 Å². The zero-order valence-corrected chi connectivity index (χ0v) is 28.3. The first-order valence-corrected chi connectivity index (χ1v) is 14.4. The first-order chi connectivity index (χ1) is 16.5. The Morgan fingerprint density at radius 2 is 0.432 bits per heavy atom. The van der Waals surface area contributed by atoms with Crippen LogP contribution < -0.4 is 0 Å². The number of nitrogens with zero attached hydrogens (tertiary/aromatic N) is 8. The Bertz CT molecular complexity index is 504. The summed E-state index contributed by atoms with van der Waals surface area (Å²) in [5.74, 6) is 0. The van der Waals surface area contributed by atoms with Crippen LogP contribution in [0.4, 0.5) is 0 Å². The van der Waals surface area contributed by atoms with Crippen LogP contribution in [0, 0.1) is 0 Å². The number of hydrogen-bond acceptors (Lipinski definition) is 8. The second kappa shape index (κ2) is 22.9. The molecule has 8 nitrogen and oxygen atoms in total. The Morgan fingerprint density at radius 1 is 0.243 bits per heavy atom. The fourth-order valence-electron chi connectivity index (χ4n) is 4.79. The predicted molar refractivity (Wildman–Crippen MR) is 145 cm³/mol. The van der Waals surface area contributed by atoms with Crippen molar-refractivity contribution in [2.75, 3.05) is 131 Å². The van der Waals surface area contributed by atoms with E-state index in [0.717, 1.165) is 144 Å². The van der Waals surface area contributed by atoms with Gasteiger partial charge in [0.1, 0.15) is 0 Å². The Labute approximate surface area is 277 Å². The van der Waals surface area contributed by atoms with E-state index in [1.54, 1.807) is 0 Å². The first kappa shape index (κ1) is 39.4. The van der Waals surface area contributed by atoms with Crippen LogP contribution in [0.1, 0.15) is 12.8 Å². The SMILES string of the molecule is ClN1CCCN2CCN(Cl)CCCN(CC1)CC2.ClN1CCN2CCN(Cl)CCN(CC1)CC2.[Mn+2].[Mn+2].[Mn+2]. The van der Waals surface area contributed by atoms with Crippen molar-refractivity contribution < 1.29 is 51.2 Å². The fraction of sp³-hybridized carbons (Fsp3) is 1.00. The van der Waals surface area contributed by atoms with Crippen LogP contribution in [0.2, 0.25) is 0 Å². The van der Waals surface area contributed by atoms with Crippen LogP contribution in [0.3, 0.4) is 0 Å². The molecule has 0 aromatic carbocycles. The Hall–Kier alpha value is 2.40. The van der Waals surface area contributed by atoms with E-state index in [2.05, 4.69) is 19.6 Å². The van der Waals surface area contributed by atoms with Gasteiger partial charge in [0.25, 0.3) is 0 Å². The summed E-state index contributed by atoms with van der Waals surface area (Å²) in [7, 11) is 0. The average molecular weight is 727 g/mol. The number of hydrogen-bond donors (Lipinski definition) is 0. The maximum Gasteiger partial charge on any atom is 2.00 e. The van der Waals surface area contributed by atoms with Crippen molar-refractivity contribution in [3.05, 3.63) is 0 Å². The predicted octanol–water partition coefficient (Wildman–Crippen LogP) is 1.83. The fourth-order valence-corrected chi connectivity index (χ4v) is 5.48. The molecule has 0 aromatic rings. The Balaban J connectivity index is 0.000000651. The number of rotatable bonds is 0. The van der Waals surface area contributed by atoms with E-state index < -0.39 is 0 Å². The molecule has 0 aromatic heterocycles. The molecule has 215 valence electrons. The minimum absolute atomic E-state index is 0. The van der Waals surface area contributed by atoms with Gasteiger partial charge in [0, 0.05) is 118 Å². The van der Waals surface area contributed by atoms with Gasteiger partial charge in [0.05, 0.1) is 0 Å². The minimum atomic E-state index is 0. The van der Waals surface area contributed by atoms with Crippen LogP contribution >= 0.6 is 47.1 Å². The molecular weight excluding hydrogens is 683 g/mol. The van der Waals surface area contributed by atoms with Crippen molar-refractivity contribution in [1.29, 1.82) is 0 Å². The van der Waals surface area contributed by atoms with Gasteiger partial charge < -0.3 is 9.80 Å². The van der Waals surface area contributed by atoms with E-state index >= 15 is 0 Å². The van der Waals surface area contributed by atoms with E-state index in [0.29, 0.717) is 0 Å². The molecule has 2 unspecified atom stereocenters. The molecule has 4 rings (SSSR count). The largest absolute Gasteiger partial charge is 2.00 e. The second-order valence-electron chi connectivity index (χ2n) is 9.71. The summed E-state index contributed by atoms with van der Waals surface area (Å²) in [5.41, 5.74) is 0. The van der Waals surface area contributed by atoms with Gasteiger partial charge in [0.15, 0.2) is 0 Å². The molecule has 3 radical (unpaired) electrons. The van der Waals surface area contributed by atoms with Gasteiger partial charge in [-0.2, -0.15) is 0 Å².